The molecule has 4 nitrogen and oxygen atoms in total. The summed E-state index contributed by atoms with van der Waals surface area (Å²) in [5, 5.41) is 0. The Kier molecular flexibility index (Phi) is 3.69. The van der Waals surface area contributed by atoms with Crippen molar-refractivity contribution in [2.75, 3.05) is 12.3 Å². The second-order valence-electron chi connectivity index (χ2n) is 5.60. The van der Waals surface area contributed by atoms with Gasteiger partial charge in [0, 0.05) is 25.3 Å². The smallest absolute Gasteiger partial charge is 0.270 e. The van der Waals surface area contributed by atoms with Gasteiger partial charge in [0.05, 0.1) is 5.69 Å². The fourth-order valence-corrected chi connectivity index (χ4v) is 2.62. The minimum absolute atomic E-state index is 0.0601. The summed E-state index contributed by atoms with van der Waals surface area (Å²) in [6, 6.07) is 12.3. The van der Waals surface area contributed by atoms with Crippen molar-refractivity contribution in [1.29, 1.82) is 0 Å². The Balaban J connectivity index is 1.82. The van der Waals surface area contributed by atoms with Crippen LogP contribution < -0.4 is 5.73 Å². The van der Waals surface area contributed by atoms with E-state index in [9.17, 15) is 4.79 Å². The van der Waals surface area contributed by atoms with Crippen LogP contribution in [0, 0.1) is 0 Å². The molecule has 1 aromatic carbocycles. The number of rotatable bonds is 5. The van der Waals surface area contributed by atoms with Crippen molar-refractivity contribution < 1.29 is 4.79 Å². The predicted octanol–water partition coefficient (Wildman–Crippen LogP) is 3.07. The second-order valence-corrected chi connectivity index (χ2v) is 5.60. The Hall–Kier alpha value is -2.23. The van der Waals surface area contributed by atoms with E-state index in [1.807, 2.05) is 52.9 Å². The lowest BCUT2D eigenvalue weighted by Crippen LogP contribution is -2.31. The molecule has 3 rings (SSSR count). The minimum Gasteiger partial charge on any atom is -0.397 e. The molecule has 1 fully saturated rings. The minimum atomic E-state index is 0.0601. The Bertz CT molecular complexity index is 629. The molecule has 21 heavy (non-hydrogen) atoms. The average Bonchev–Trinajstić information content (AvgIpc) is 3.27. The molecule has 0 saturated heterocycles. The van der Waals surface area contributed by atoms with Crippen LogP contribution in [0.25, 0.3) is 0 Å². The van der Waals surface area contributed by atoms with Crippen LogP contribution in [0.2, 0.25) is 0 Å². The number of benzene rings is 1. The summed E-state index contributed by atoms with van der Waals surface area (Å²) >= 11 is 0. The lowest BCUT2D eigenvalue weighted by Gasteiger charge is -2.22. The first-order valence-corrected chi connectivity index (χ1v) is 7.49. The van der Waals surface area contributed by atoms with Crippen LogP contribution in [-0.4, -0.2) is 21.9 Å². The van der Waals surface area contributed by atoms with E-state index in [1.165, 1.54) is 0 Å². The number of hydrogen-bond acceptors (Lipinski definition) is 2. The van der Waals surface area contributed by atoms with E-state index in [1.54, 1.807) is 6.07 Å². The van der Waals surface area contributed by atoms with Gasteiger partial charge in [0.25, 0.3) is 5.91 Å². The van der Waals surface area contributed by atoms with Crippen LogP contribution in [-0.2, 0) is 6.54 Å². The zero-order chi connectivity index (χ0) is 14.8. The molecule has 1 aliphatic carbocycles. The van der Waals surface area contributed by atoms with Crippen molar-refractivity contribution in [2.24, 2.45) is 0 Å². The van der Waals surface area contributed by atoms with E-state index in [0.717, 1.165) is 18.4 Å². The van der Waals surface area contributed by atoms with Crippen LogP contribution >= 0.6 is 0 Å². The summed E-state index contributed by atoms with van der Waals surface area (Å²) in [4.78, 5) is 14.7. The highest BCUT2D eigenvalue weighted by Gasteiger charge is 2.29. The quantitative estimate of drug-likeness (QED) is 0.917. The topological polar surface area (TPSA) is 51.3 Å². The molecular formula is C17H21N3O. The first-order valence-electron chi connectivity index (χ1n) is 7.49. The van der Waals surface area contributed by atoms with Crippen LogP contribution in [0.3, 0.4) is 0 Å². The number of nitrogens with two attached hydrogens (primary N) is 1. The summed E-state index contributed by atoms with van der Waals surface area (Å²) in [5.41, 5.74) is 8.41. The average molecular weight is 283 g/mol. The fourth-order valence-electron chi connectivity index (χ4n) is 2.62. The van der Waals surface area contributed by atoms with Crippen LogP contribution in [0.15, 0.2) is 42.6 Å². The summed E-state index contributed by atoms with van der Waals surface area (Å²) < 4.78 is 2.05. The molecule has 1 amide bonds. The molecule has 1 heterocycles. The van der Waals surface area contributed by atoms with Crippen molar-refractivity contribution in [1.82, 2.24) is 9.47 Å². The molecule has 4 heteroatoms. The molecule has 0 bridgehead atoms. The molecule has 2 N–H and O–H groups in total. The Morgan fingerprint density at radius 2 is 2.05 bits per heavy atom. The monoisotopic (exact) mass is 283 g/mol. The van der Waals surface area contributed by atoms with Gasteiger partial charge in [-0.05, 0) is 31.4 Å². The molecule has 0 aliphatic heterocycles. The van der Waals surface area contributed by atoms with Gasteiger partial charge in [-0.3, -0.25) is 4.79 Å². The summed E-state index contributed by atoms with van der Waals surface area (Å²) in [6.45, 7) is 3.32. The van der Waals surface area contributed by atoms with E-state index in [2.05, 4.69) is 0 Å². The maximum absolute atomic E-state index is 12.8. The zero-order valence-electron chi connectivity index (χ0n) is 12.3. The molecule has 0 atom stereocenters. The van der Waals surface area contributed by atoms with Gasteiger partial charge in [0.1, 0.15) is 5.69 Å². The van der Waals surface area contributed by atoms with Gasteiger partial charge < -0.3 is 15.2 Å². The number of hydrogen-bond donors (Lipinski definition) is 1. The van der Waals surface area contributed by atoms with Gasteiger partial charge in [-0.1, -0.05) is 30.3 Å². The van der Waals surface area contributed by atoms with E-state index < -0.39 is 0 Å². The van der Waals surface area contributed by atoms with Crippen LogP contribution in [0.1, 0.15) is 41.9 Å². The Labute approximate surface area is 125 Å². The predicted molar refractivity (Wildman–Crippen MR) is 84.0 cm³/mol. The number of nitrogen functional groups attached to an aromatic ring is 1. The van der Waals surface area contributed by atoms with Crippen LogP contribution in [0.5, 0.6) is 0 Å². The molecule has 110 valence electrons. The van der Waals surface area contributed by atoms with Gasteiger partial charge in [-0.2, -0.15) is 0 Å². The van der Waals surface area contributed by atoms with Gasteiger partial charge >= 0.3 is 0 Å². The lowest BCUT2D eigenvalue weighted by atomic mass is 10.2. The van der Waals surface area contributed by atoms with E-state index in [4.69, 9.17) is 5.73 Å². The third-order valence-electron chi connectivity index (χ3n) is 3.91. The maximum Gasteiger partial charge on any atom is 0.270 e. The molecule has 1 saturated carbocycles. The highest BCUT2D eigenvalue weighted by atomic mass is 16.2. The van der Waals surface area contributed by atoms with E-state index in [-0.39, 0.29) is 5.91 Å². The molecule has 0 unspecified atom stereocenters. The molecule has 1 aromatic heterocycles. The standard InChI is InChI=1S/C17H21N3O/c1-2-19(11-13-6-4-3-5-7-13)17(21)16-10-14(18)12-20(16)15-8-9-15/h3-7,10,12,15H,2,8-9,11,18H2,1H3. The van der Waals surface area contributed by atoms with Crippen molar-refractivity contribution >= 4 is 11.6 Å². The van der Waals surface area contributed by atoms with E-state index >= 15 is 0 Å². The fraction of sp³-hybridized carbons (Fsp3) is 0.353. The number of aromatic nitrogens is 1. The lowest BCUT2D eigenvalue weighted by molar-refractivity contribution is 0.0741. The summed E-state index contributed by atoms with van der Waals surface area (Å²) in [6.07, 6.45) is 4.17. The van der Waals surface area contributed by atoms with E-state index in [0.29, 0.717) is 30.5 Å². The third-order valence-corrected chi connectivity index (χ3v) is 3.91. The Morgan fingerprint density at radius 3 is 2.67 bits per heavy atom. The molecular weight excluding hydrogens is 262 g/mol. The van der Waals surface area contributed by atoms with Crippen molar-refractivity contribution in [3.05, 3.63) is 53.9 Å². The zero-order valence-corrected chi connectivity index (χ0v) is 12.3. The summed E-state index contributed by atoms with van der Waals surface area (Å²) in [5.74, 6) is 0.0601. The molecule has 0 radical (unpaired) electrons. The molecule has 2 aromatic rings. The summed E-state index contributed by atoms with van der Waals surface area (Å²) in [7, 11) is 0. The SMILES string of the molecule is CCN(Cc1ccccc1)C(=O)c1cc(N)cn1C1CC1. The molecule has 0 spiro atoms. The molecule has 1 aliphatic rings. The van der Waals surface area contributed by atoms with Crippen molar-refractivity contribution in [3.8, 4) is 0 Å². The van der Waals surface area contributed by atoms with Crippen molar-refractivity contribution in [3.63, 3.8) is 0 Å². The highest BCUT2D eigenvalue weighted by Crippen LogP contribution is 2.37. The van der Waals surface area contributed by atoms with Crippen LogP contribution in [0.4, 0.5) is 5.69 Å². The number of carbonyl (C=O) groups is 1. The highest BCUT2D eigenvalue weighted by molar-refractivity contribution is 5.94. The van der Waals surface area contributed by atoms with Crippen molar-refractivity contribution in [2.45, 2.75) is 32.4 Å². The third kappa shape index (κ3) is 2.94. The Morgan fingerprint density at radius 1 is 1.33 bits per heavy atom. The number of carbonyl (C=O) groups excluding carboxylic acids is 1. The largest absolute Gasteiger partial charge is 0.397 e. The van der Waals surface area contributed by atoms with Gasteiger partial charge in [0.2, 0.25) is 0 Å². The number of nitrogens with zero attached hydrogens (tertiary/aromatic N) is 2. The second kappa shape index (κ2) is 5.64. The number of anilines is 1. The maximum atomic E-state index is 12.8. The van der Waals surface area contributed by atoms with Gasteiger partial charge in [0.15, 0.2) is 0 Å². The number of amides is 1. The van der Waals surface area contributed by atoms with Gasteiger partial charge in [-0.15, -0.1) is 0 Å². The first kappa shape index (κ1) is 13.7. The first-order chi connectivity index (χ1) is 10.2. The normalized spacial score (nSPS) is 14.1. The van der Waals surface area contributed by atoms with Gasteiger partial charge in [-0.25, -0.2) is 0 Å².